The molecule has 0 spiro atoms. The Bertz CT molecular complexity index is 1240. The summed E-state index contributed by atoms with van der Waals surface area (Å²) in [6, 6.07) is 13.6. The standard InChI is InChI=1S/C24H22N6O2S/c25-22(31)17-8-12-29(13-9-17)24-27-23(32)20(33-24)14-18-15-30(19-4-2-1-3-5-19)28-21(18)16-6-10-26-11-7-16/h1-7,10-11,14-15,17H,8-9,12-13H2,(H2,25,31). The Balaban J connectivity index is 1.43. The highest BCUT2D eigenvalue weighted by Gasteiger charge is 2.30. The number of benzene rings is 1. The number of hydrogen-bond acceptors (Lipinski definition) is 6. The molecule has 1 fully saturated rings. The summed E-state index contributed by atoms with van der Waals surface area (Å²) in [5, 5.41) is 5.46. The number of nitrogens with two attached hydrogens (primary N) is 1. The molecular weight excluding hydrogens is 436 g/mol. The van der Waals surface area contributed by atoms with Crippen molar-refractivity contribution in [1.82, 2.24) is 19.7 Å². The van der Waals surface area contributed by atoms with Gasteiger partial charge in [-0.25, -0.2) is 4.68 Å². The molecule has 0 aliphatic carbocycles. The molecule has 2 aliphatic heterocycles. The minimum absolute atomic E-state index is 0.106. The van der Waals surface area contributed by atoms with Gasteiger partial charge in [0.25, 0.3) is 5.91 Å². The number of piperidine rings is 1. The van der Waals surface area contributed by atoms with Crippen molar-refractivity contribution in [2.45, 2.75) is 12.8 Å². The molecule has 0 radical (unpaired) electrons. The number of carbonyl (C=O) groups excluding carboxylic acids is 2. The topological polar surface area (TPSA) is 106 Å². The van der Waals surface area contributed by atoms with E-state index in [1.165, 1.54) is 11.8 Å². The Morgan fingerprint density at radius 3 is 2.52 bits per heavy atom. The summed E-state index contributed by atoms with van der Waals surface area (Å²) in [6.45, 7) is 1.32. The summed E-state index contributed by atoms with van der Waals surface area (Å²) in [6.07, 6.45) is 8.57. The van der Waals surface area contributed by atoms with Gasteiger partial charge >= 0.3 is 0 Å². The molecule has 1 aromatic carbocycles. The number of hydrogen-bond donors (Lipinski definition) is 1. The average molecular weight is 459 g/mol. The average Bonchev–Trinajstić information content (AvgIpc) is 3.44. The summed E-state index contributed by atoms with van der Waals surface area (Å²) in [5.41, 5.74) is 8.86. The van der Waals surface area contributed by atoms with E-state index in [9.17, 15) is 9.59 Å². The lowest BCUT2D eigenvalue weighted by molar-refractivity contribution is -0.123. The van der Waals surface area contributed by atoms with Crippen molar-refractivity contribution in [3.63, 3.8) is 0 Å². The van der Waals surface area contributed by atoms with Crippen LogP contribution in [0, 0.1) is 5.92 Å². The molecule has 0 bridgehead atoms. The second-order valence-electron chi connectivity index (χ2n) is 7.92. The number of primary amides is 1. The third-order valence-corrected chi connectivity index (χ3v) is 6.83. The summed E-state index contributed by atoms with van der Waals surface area (Å²) in [4.78, 5) is 35.1. The first-order valence-electron chi connectivity index (χ1n) is 10.7. The number of rotatable bonds is 4. The molecule has 0 unspecified atom stereocenters. The van der Waals surface area contributed by atoms with E-state index in [0.29, 0.717) is 36.0 Å². The van der Waals surface area contributed by atoms with E-state index in [1.54, 1.807) is 12.4 Å². The number of likely N-dealkylation sites (tertiary alicyclic amines) is 1. The molecule has 2 aromatic heterocycles. The highest BCUT2D eigenvalue weighted by atomic mass is 32.2. The summed E-state index contributed by atoms with van der Waals surface area (Å²) < 4.78 is 1.81. The lowest BCUT2D eigenvalue weighted by atomic mass is 9.97. The van der Waals surface area contributed by atoms with E-state index in [1.807, 2.05) is 59.4 Å². The molecular formula is C24H22N6O2S. The lowest BCUT2D eigenvalue weighted by Gasteiger charge is -2.31. The predicted molar refractivity (Wildman–Crippen MR) is 128 cm³/mol. The number of aliphatic imine (C=N–C) groups is 1. The van der Waals surface area contributed by atoms with Gasteiger partial charge in [-0.3, -0.25) is 14.6 Å². The zero-order valence-electron chi connectivity index (χ0n) is 17.8. The van der Waals surface area contributed by atoms with E-state index in [4.69, 9.17) is 10.8 Å². The molecule has 2 amide bonds. The van der Waals surface area contributed by atoms with E-state index < -0.39 is 0 Å². The van der Waals surface area contributed by atoms with E-state index in [-0.39, 0.29) is 17.7 Å². The molecule has 8 nitrogen and oxygen atoms in total. The summed E-state index contributed by atoms with van der Waals surface area (Å²) >= 11 is 1.36. The maximum atomic E-state index is 12.7. The quantitative estimate of drug-likeness (QED) is 0.602. The molecule has 5 rings (SSSR count). The monoisotopic (exact) mass is 458 g/mol. The summed E-state index contributed by atoms with van der Waals surface area (Å²) in [5.74, 6) is -0.628. The molecule has 9 heteroatoms. The van der Waals surface area contributed by atoms with Crippen molar-refractivity contribution >= 4 is 34.8 Å². The molecule has 4 heterocycles. The first-order chi connectivity index (χ1) is 16.1. The van der Waals surface area contributed by atoms with Crippen LogP contribution in [0.1, 0.15) is 18.4 Å². The van der Waals surface area contributed by atoms with Crippen molar-refractivity contribution in [2.75, 3.05) is 13.1 Å². The van der Waals surface area contributed by atoms with Crippen molar-refractivity contribution in [3.8, 4) is 16.9 Å². The van der Waals surface area contributed by atoms with E-state index >= 15 is 0 Å². The summed E-state index contributed by atoms with van der Waals surface area (Å²) in [7, 11) is 0. The number of amides is 2. The highest BCUT2D eigenvalue weighted by Crippen LogP contribution is 2.34. The van der Waals surface area contributed by atoms with Gasteiger partial charge in [-0.2, -0.15) is 10.1 Å². The van der Waals surface area contributed by atoms with Gasteiger partial charge in [-0.15, -0.1) is 0 Å². The first kappa shape index (κ1) is 21.1. The fourth-order valence-corrected chi connectivity index (χ4v) is 4.93. The molecule has 166 valence electrons. The SMILES string of the molecule is NC(=O)C1CCN(C2=NC(=O)C(=Cc3cn(-c4ccccc4)nc3-c3ccncc3)S2)CC1. The Kier molecular flexibility index (Phi) is 5.78. The van der Waals surface area contributed by atoms with Crippen molar-refractivity contribution in [3.05, 3.63) is 71.5 Å². The van der Waals surface area contributed by atoms with Gasteiger partial charge in [0, 0.05) is 48.7 Å². The van der Waals surface area contributed by atoms with Crippen LogP contribution < -0.4 is 5.73 Å². The number of carbonyl (C=O) groups is 2. The molecule has 2 N–H and O–H groups in total. The van der Waals surface area contributed by atoms with Crippen molar-refractivity contribution in [2.24, 2.45) is 16.6 Å². The molecule has 33 heavy (non-hydrogen) atoms. The Morgan fingerprint density at radius 1 is 1.09 bits per heavy atom. The third kappa shape index (κ3) is 4.45. The van der Waals surface area contributed by atoms with Gasteiger partial charge < -0.3 is 10.6 Å². The van der Waals surface area contributed by atoms with Crippen molar-refractivity contribution in [1.29, 1.82) is 0 Å². The van der Waals surface area contributed by atoms with Crippen LogP contribution in [-0.2, 0) is 9.59 Å². The van der Waals surface area contributed by atoms with Crippen LogP contribution in [-0.4, -0.2) is 49.7 Å². The fourth-order valence-electron chi connectivity index (χ4n) is 3.97. The van der Waals surface area contributed by atoms with Gasteiger partial charge in [0.2, 0.25) is 5.91 Å². The first-order valence-corrected chi connectivity index (χ1v) is 11.5. The molecule has 0 saturated carbocycles. The molecule has 0 atom stereocenters. The third-order valence-electron chi connectivity index (χ3n) is 5.78. The van der Waals surface area contributed by atoms with Crippen LogP contribution in [0.2, 0.25) is 0 Å². The lowest BCUT2D eigenvalue weighted by Crippen LogP contribution is -2.40. The molecule has 2 aliphatic rings. The van der Waals surface area contributed by atoms with Gasteiger partial charge in [-0.05, 0) is 54.9 Å². The van der Waals surface area contributed by atoms with Gasteiger partial charge in [0.1, 0.15) is 5.69 Å². The molecule has 1 saturated heterocycles. The maximum absolute atomic E-state index is 12.7. The van der Waals surface area contributed by atoms with Crippen molar-refractivity contribution < 1.29 is 9.59 Å². The Labute approximate surface area is 195 Å². The number of para-hydroxylation sites is 1. The number of amidine groups is 1. The van der Waals surface area contributed by atoms with Gasteiger partial charge in [0.15, 0.2) is 5.17 Å². The fraction of sp³-hybridized carbons (Fsp3) is 0.208. The largest absolute Gasteiger partial charge is 0.369 e. The zero-order chi connectivity index (χ0) is 22.8. The van der Waals surface area contributed by atoms with Crippen LogP contribution in [0.25, 0.3) is 23.0 Å². The van der Waals surface area contributed by atoms with Gasteiger partial charge in [0.05, 0.1) is 10.6 Å². The van der Waals surface area contributed by atoms with Crippen LogP contribution in [0.15, 0.2) is 71.0 Å². The van der Waals surface area contributed by atoms with E-state index in [2.05, 4.69) is 14.9 Å². The number of nitrogens with zero attached hydrogens (tertiary/aromatic N) is 5. The Morgan fingerprint density at radius 2 is 1.82 bits per heavy atom. The zero-order valence-corrected chi connectivity index (χ0v) is 18.6. The normalized spacial score (nSPS) is 18.1. The minimum Gasteiger partial charge on any atom is -0.369 e. The Hall–Kier alpha value is -3.72. The molecule has 3 aromatic rings. The van der Waals surface area contributed by atoms with Crippen LogP contribution in [0.4, 0.5) is 0 Å². The number of thioether (sulfide) groups is 1. The highest BCUT2D eigenvalue weighted by molar-refractivity contribution is 8.18. The number of pyridine rings is 1. The van der Waals surface area contributed by atoms with Crippen LogP contribution in [0.5, 0.6) is 0 Å². The number of aromatic nitrogens is 3. The second-order valence-corrected chi connectivity index (χ2v) is 8.93. The van der Waals surface area contributed by atoms with E-state index in [0.717, 1.165) is 22.5 Å². The van der Waals surface area contributed by atoms with Crippen LogP contribution >= 0.6 is 11.8 Å². The smallest absolute Gasteiger partial charge is 0.286 e. The maximum Gasteiger partial charge on any atom is 0.286 e. The minimum atomic E-state index is -0.264. The predicted octanol–water partition coefficient (Wildman–Crippen LogP) is 3.10. The van der Waals surface area contributed by atoms with Crippen LogP contribution in [0.3, 0.4) is 0 Å². The van der Waals surface area contributed by atoms with Gasteiger partial charge in [-0.1, -0.05) is 18.2 Å². The second kappa shape index (κ2) is 9.03.